The van der Waals surface area contributed by atoms with Crippen molar-refractivity contribution in [2.45, 2.75) is 57.0 Å². The molecule has 1 aliphatic heterocycles. The summed E-state index contributed by atoms with van der Waals surface area (Å²) >= 11 is 0. The number of ether oxygens (including phenoxy) is 1. The molecule has 0 unspecified atom stereocenters. The Morgan fingerprint density at radius 3 is 2.67 bits per heavy atom. The number of fused-ring (bicyclic) bond motifs is 2. The molecule has 0 N–H and O–H groups in total. The van der Waals surface area contributed by atoms with Crippen molar-refractivity contribution in [2.75, 3.05) is 11.5 Å². The second-order valence-corrected chi connectivity index (χ2v) is 7.71. The Kier molecular flexibility index (Phi) is 3.10. The number of nitrogens with zero attached hydrogens (tertiary/aromatic N) is 1. The molecule has 0 bridgehead atoms. The van der Waals surface area contributed by atoms with Crippen molar-refractivity contribution in [1.82, 2.24) is 0 Å². The molecule has 4 atom stereocenters. The molecular weight excluding hydrogens is 298 g/mol. The second kappa shape index (κ2) is 5.11. The first-order chi connectivity index (χ1) is 11.8. The van der Waals surface area contributed by atoms with Gasteiger partial charge in [0.05, 0.1) is 23.8 Å². The molecule has 0 radical (unpaired) electrons. The highest BCUT2D eigenvalue weighted by atomic mass is 16.5. The number of rotatable bonds is 3. The third-order valence-electron chi connectivity index (χ3n) is 6.82. The molecule has 4 aliphatic rings. The fourth-order valence-electron chi connectivity index (χ4n) is 6.03. The zero-order valence-electron chi connectivity index (χ0n) is 14.3. The van der Waals surface area contributed by atoms with E-state index in [2.05, 4.69) is 23.1 Å². The third kappa shape index (κ3) is 1.71. The summed E-state index contributed by atoms with van der Waals surface area (Å²) in [4.78, 5) is 14.6. The van der Waals surface area contributed by atoms with Gasteiger partial charge in [0.1, 0.15) is 0 Å². The maximum atomic E-state index is 11.9. The van der Waals surface area contributed by atoms with Crippen LogP contribution in [-0.2, 0) is 4.74 Å². The number of allylic oxidation sites excluding steroid dienone is 1. The second-order valence-electron chi connectivity index (χ2n) is 7.71. The van der Waals surface area contributed by atoms with Gasteiger partial charge in [-0.25, -0.2) is 4.79 Å². The molecule has 5 rings (SSSR count). The average molecular weight is 323 g/mol. The molecule has 0 aromatic heterocycles. The van der Waals surface area contributed by atoms with Crippen LogP contribution in [0.2, 0.25) is 0 Å². The Morgan fingerprint density at radius 2 is 1.92 bits per heavy atom. The summed E-state index contributed by atoms with van der Waals surface area (Å²) in [5.41, 5.74) is 4.16. The van der Waals surface area contributed by atoms with E-state index in [1.54, 1.807) is 5.57 Å². The standard InChI is InChI=1S/C21H25NO2/c1-2-24-20(23)14-10-12-15(13-11-14)22-19-9-5-8-18-16-6-3-4-7-17(16)21(18,19)22/h6,10-13,17-19H,2-5,7-9H2,1H3/t17-,18+,19-,21+,22?/m0/s1. The molecule has 1 aromatic carbocycles. The van der Waals surface area contributed by atoms with Gasteiger partial charge < -0.3 is 9.64 Å². The van der Waals surface area contributed by atoms with E-state index < -0.39 is 0 Å². The summed E-state index contributed by atoms with van der Waals surface area (Å²) < 4.78 is 5.10. The number of esters is 1. The smallest absolute Gasteiger partial charge is 0.338 e. The van der Waals surface area contributed by atoms with Gasteiger partial charge in [0, 0.05) is 17.5 Å². The summed E-state index contributed by atoms with van der Waals surface area (Å²) in [5.74, 6) is 1.38. The summed E-state index contributed by atoms with van der Waals surface area (Å²) in [6.45, 7) is 2.27. The van der Waals surface area contributed by atoms with Crippen molar-refractivity contribution < 1.29 is 9.53 Å². The number of anilines is 1. The highest BCUT2D eigenvalue weighted by molar-refractivity contribution is 5.90. The molecule has 1 aromatic rings. The van der Waals surface area contributed by atoms with E-state index in [-0.39, 0.29) is 5.97 Å². The SMILES string of the molecule is CCOC(=O)c1ccc(N2[C@H]3CCC[C@@H]4C5=CCCC[C@@H]5[C@@]432)cc1. The summed E-state index contributed by atoms with van der Waals surface area (Å²) in [6.07, 6.45) is 10.6. The van der Waals surface area contributed by atoms with Crippen LogP contribution < -0.4 is 4.90 Å². The summed E-state index contributed by atoms with van der Waals surface area (Å²) in [5, 5.41) is 0. The first-order valence-electron chi connectivity index (χ1n) is 9.55. The predicted octanol–water partition coefficient (Wildman–Crippen LogP) is 4.33. The molecule has 1 saturated heterocycles. The van der Waals surface area contributed by atoms with Crippen molar-refractivity contribution in [3.8, 4) is 0 Å². The molecule has 3 aliphatic carbocycles. The van der Waals surface area contributed by atoms with Gasteiger partial charge in [0.25, 0.3) is 0 Å². The van der Waals surface area contributed by atoms with Crippen LogP contribution in [0.25, 0.3) is 0 Å². The van der Waals surface area contributed by atoms with E-state index in [0.29, 0.717) is 17.7 Å². The number of carbonyl (C=O) groups excluding carboxylic acids is 1. The van der Waals surface area contributed by atoms with Crippen LogP contribution in [0, 0.1) is 11.8 Å². The van der Waals surface area contributed by atoms with Crippen molar-refractivity contribution >= 4 is 11.7 Å². The predicted molar refractivity (Wildman–Crippen MR) is 94.2 cm³/mol. The molecular formula is C21H25NO2. The molecule has 126 valence electrons. The molecule has 24 heavy (non-hydrogen) atoms. The van der Waals surface area contributed by atoms with E-state index in [0.717, 1.165) is 17.9 Å². The topological polar surface area (TPSA) is 29.3 Å². The van der Waals surface area contributed by atoms with Gasteiger partial charge >= 0.3 is 5.97 Å². The van der Waals surface area contributed by atoms with Crippen molar-refractivity contribution in [3.63, 3.8) is 0 Å². The Morgan fingerprint density at radius 1 is 1.17 bits per heavy atom. The monoisotopic (exact) mass is 323 g/mol. The lowest BCUT2D eigenvalue weighted by Gasteiger charge is -2.52. The van der Waals surface area contributed by atoms with Gasteiger partial charge in [-0.2, -0.15) is 0 Å². The van der Waals surface area contributed by atoms with Crippen molar-refractivity contribution in [3.05, 3.63) is 41.5 Å². The number of hydrogen-bond donors (Lipinski definition) is 0. The minimum absolute atomic E-state index is 0.218. The van der Waals surface area contributed by atoms with Crippen LogP contribution in [0.3, 0.4) is 0 Å². The number of benzene rings is 1. The molecule has 1 spiro atoms. The van der Waals surface area contributed by atoms with Gasteiger partial charge in [-0.15, -0.1) is 0 Å². The van der Waals surface area contributed by atoms with Gasteiger partial charge in [-0.3, -0.25) is 0 Å². The molecule has 3 heteroatoms. The maximum Gasteiger partial charge on any atom is 0.338 e. The van der Waals surface area contributed by atoms with Gasteiger partial charge in [0.2, 0.25) is 0 Å². The van der Waals surface area contributed by atoms with Gasteiger partial charge in [-0.05, 0) is 63.3 Å². The average Bonchev–Trinajstić information content (AvgIpc) is 3.32. The molecule has 1 heterocycles. The van der Waals surface area contributed by atoms with E-state index >= 15 is 0 Å². The first-order valence-corrected chi connectivity index (χ1v) is 9.55. The van der Waals surface area contributed by atoms with E-state index in [1.807, 2.05) is 19.1 Å². The fraction of sp³-hybridized carbons (Fsp3) is 0.571. The summed E-state index contributed by atoms with van der Waals surface area (Å²) in [6, 6.07) is 8.84. The minimum atomic E-state index is -0.218. The molecule has 3 nitrogen and oxygen atoms in total. The van der Waals surface area contributed by atoms with Crippen LogP contribution in [0.5, 0.6) is 0 Å². The Bertz CT molecular complexity index is 707. The van der Waals surface area contributed by atoms with E-state index in [4.69, 9.17) is 4.74 Å². The molecule has 3 fully saturated rings. The Hall–Kier alpha value is -1.77. The van der Waals surface area contributed by atoms with Gasteiger partial charge in [-0.1, -0.05) is 18.1 Å². The lowest BCUT2D eigenvalue weighted by atomic mass is 9.51. The number of carbonyl (C=O) groups is 1. The highest BCUT2D eigenvalue weighted by Crippen LogP contribution is 2.72. The molecule has 0 amide bonds. The van der Waals surface area contributed by atoms with Crippen LogP contribution in [0.4, 0.5) is 5.69 Å². The molecule has 2 saturated carbocycles. The van der Waals surface area contributed by atoms with Crippen LogP contribution in [-0.4, -0.2) is 24.2 Å². The van der Waals surface area contributed by atoms with Crippen molar-refractivity contribution in [2.24, 2.45) is 11.8 Å². The van der Waals surface area contributed by atoms with Gasteiger partial charge in [0.15, 0.2) is 0 Å². The first kappa shape index (κ1) is 14.6. The Labute approximate surface area is 143 Å². The minimum Gasteiger partial charge on any atom is -0.462 e. The normalized spacial score (nSPS) is 35.8. The highest BCUT2D eigenvalue weighted by Gasteiger charge is 2.77. The summed E-state index contributed by atoms with van der Waals surface area (Å²) in [7, 11) is 0. The maximum absolute atomic E-state index is 11.9. The largest absolute Gasteiger partial charge is 0.462 e. The Balaban J connectivity index is 1.43. The third-order valence-corrected chi connectivity index (χ3v) is 6.82. The fourth-order valence-corrected chi connectivity index (χ4v) is 6.03. The van der Waals surface area contributed by atoms with Crippen molar-refractivity contribution in [1.29, 1.82) is 0 Å². The van der Waals surface area contributed by atoms with E-state index in [9.17, 15) is 4.79 Å². The number of hydrogen-bond acceptors (Lipinski definition) is 3. The zero-order chi connectivity index (χ0) is 16.3. The van der Waals surface area contributed by atoms with Crippen LogP contribution >= 0.6 is 0 Å². The lowest BCUT2D eigenvalue weighted by molar-refractivity contribution is 0.0526. The van der Waals surface area contributed by atoms with Crippen LogP contribution in [0.1, 0.15) is 55.8 Å². The lowest BCUT2D eigenvalue weighted by Crippen LogP contribution is -2.54. The van der Waals surface area contributed by atoms with Crippen LogP contribution in [0.15, 0.2) is 35.9 Å². The van der Waals surface area contributed by atoms with E-state index in [1.165, 1.54) is 44.2 Å². The quantitative estimate of drug-likeness (QED) is 0.471. The zero-order valence-corrected chi connectivity index (χ0v) is 14.3.